The molecule has 0 saturated heterocycles. The molecule has 170 valence electrons. The van der Waals surface area contributed by atoms with Gasteiger partial charge in [-0.2, -0.15) is 0 Å². The Bertz CT molecular complexity index is 1130. The van der Waals surface area contributed by atoms with E-state index in [9.17, 15) is 22.8 Å². The summed E-state index contributed by atoms with van der Waals surface area (Å²) in [6, 6.07) is 11.7. The molecule has 11 heteroatoms. The van der Waals surface area contributed by atoms with E-state index in [1.165, 1.54) is 37.3 Å². The number of aliphatic imine (C=N–C) groups is 1. The summed E-state index contributed by atoms with van der Waals surface area (Å²) in [5, 5.41) is 7.25. The molecule has 2 rings (SSSR count). The van der Waals surface area contributed by atoms with Crippen LogP contribution in [0.15, 0.2) is 63.3 Å². The zero-order valence-corrected chi connectivity index (χ0v) is 18.7. The van der Waals surface area contributed by atoms with Gasteiger partial charge in [-0.1, -0.05) is 25.1 Å². The number of benzene rings is 2. The molecule has 2 aromatic rings. The van der Waals surface area contributed by atoms with Crippen LogP contribution in [0, 0.1) is 0 Å². The van der Waals surface area contributed by atoms with Gasteiger partial charge in [0.25, 0.3) is 0 Å². The summed E-state index contributed by atoms with van der Waals surface area (Å²) >= 11 is 0. The summed E-state index contributed by atoms with van der Waals surface area (Å²) < 4.78 is 30.4. The molecule has 3 N–H and O–H groups in total. The fourth-order valence-electron chi connectivity index (χ4n) is 2.58. The summed E-state index contributed by atoms with van der Waals surface area (Å²) in [5.41, 5.74) is 0.179. The van der Waals surface area contributed by atoms with Gasteiger partial charge in [-0.25, -0.2) is 18.2 Å². The van der Waals surface area contributed by atoms with Gasteiger partial charge in [0, 0.05) is 13.3 Å². The third-order valence-electron chi connectivity index (χ3n) is 4.02. The largest absolute Gasteiger partial charge is 0.453 e. The number of ether oxygens (including phenoxy) is 1. The number of carbonyl (C=O) groups is 3. The van der Waals surface area contributed by atoms with Crippen molar-refractivity contribution >= 4 is 45.1 Å². The van der Waals surface area contributed by atoms with Crippen LogP contribution >= 0.6 is 0 Å². The number of methoxy groups -OCH3 is 1. The van der Waals surface area contributed by atoms with Gasteiger partial charge in [0.2, 0.25) is 27.6 Å². The van der Waals surface area contributed by atoms with Crippen LogP contribution < -0.4 is 16.0 Å². The van der Waals surface area contributed by atoms with Gasteiger partial charge in [-0.05, 0) is 36.8 Å². The minimum absolute atomic E-state index is 0.0658. The van der Waals surface area contributed by atoms with Crippen LogP contribution in [0.1, 0.15) is 26.7 Å². The predicted molar refractivity (Wildman–Crippen MR) is 118 cm³/mol. The first-order valence-electron chi connectivity index (χ1n) is 9.62. The van der Waals surface area contributed by atoms with Crippen molar-refractivity contribution in [2.24, 2.45) is 4.99 Å². The lowest BCUT2D eigenvalue weighted by Crippen LogP contribution is -2.43. The molecule has 0 fully saturated rings. The Balaban J connectivity index is 2.53. The summed E-state index contributed by atoms with van der Waals surface area (Å²) in [6.45, 7) is 3.06. The zero-order chi connectivity index (χ0) is 23.7. The molecule has 0 aliphatic heterocycles. The van der Waals surface area contributed by atoms with Gasteiger partial charge in [0.05, 0.1) is 28.3 Å². The third kappa shape index (κ3) is 6.64. The molecule has 0 bridgehead atoms. The molecule has 0 atom stereocenters. The number of amides is 3. The fraction of sp³-hybridized carbons (Fsp3) is 0.238. The van der Waals surface area contributed by atoms with E-state index >= 15 is 0 Å². The van der Waals surface area contributed by atoms with Crippen LogP contribution in [0.4, 0.5) is 16.2 Å². The molecule has 3 amide bonds. The highest BCUT2D eigenvalue weighted by Gasteiger charge is 2.20. The second-order valence-corrected chi connectivity index (χ2v) is 8.50. The molecular formula is C21H24N4O6S. The van der Waals surface area contributed by atoms with Crippen LogP contribution in [0.3, 0.4) is 0 Å². The number of rotatable bonds is 6. The van der Waals surface area contributed by atoms with Gasteiger partial charge in [-0.3, -0.25) is 20.2 Å². The number of guanidine groups is 1. The highest BCUT2D eigenvalue weighted by molar-refractivity contribution is 7.91. The van der Waals surface area contributed by atoms with E-state index in [0.717, 1.165) is 7.11 Å². The Labute approximate surface area is 186 Å². The highest BCUT2D eigenvalue weighted by atomic mass is 32.2. The second kappa shape index (κ2) is 11.0. The number of hydrogen-bond acceptors (Lipinski definition) is 7. The first-order chi connectivity index (χ1) is 15.2. The topological polar surface area (TPSA) is 143 Å². The monoisotopic (exact) mass is 460 g/mol. The molecule has 2 aromatic carbocycles. The Kier molecular flexibility index (Phi) is 8.47. The lowest BCUT2D eigenvalue weighted by atomic mass is 10.2. The minimum atomic E-state index is -3.85. The molecule has 32 heavy (non-hydrogen) atoms. The van der Waals surface area contributed by atoms with Crippen molar-refractivity contribution in [1.29, 1.82) is 0 Å². The average molecular weight is 461 g/mol. The van der Waals surface area contributed by atoms with Crippen LogP contribution in [-0.4, -0.2) is 39.4 Å². The Hall–Kier alpha value is -3.73. The quantitative estimate of drug-likeness (QED) is 0.447. The normalized spacial score (nSPS) is 11.4. The molecule has 0 heterocycles. The Morgan fingerprint density at radius 3 is 2.28 bits per heavy atom. The van der Waals surface area contributed by atoms with Crippen LogP contribution in [0.25, 0.3) is 0 Å². The van der Waals surface area contributed by atoms with Gasteiger partial charge >= 0.3 is 6.09 Å². The van der Waals surface area contributed by atoms with E-state index in [1.807, 2.05) is 6.92 Å². The van der Waals surface area contributed by atoms with Crippen molar-refractivity contribution in [2.75, 3.05) is 12.4 Å². The molecule has 0 unspecified atom stereocenters. The molecule has 0 aromatic heterocycles. The Morgan fingerprint density at radius 2 is 1.69 bits per heavy atom. The molecule has 0 radical (unpaired) electrons. The molecule has 10 nitrogen and oxygen atoms in total. The summed E-state index contributed by atoms with van der Waals surface area (Å²) in [6.07, 6.45) is -0.111. The maximum Gasteiger partial charge on any atom is 0.413 e. The first-order valence-corrected chi connectivity index (χ1v) is 11.1. The molecule has 0 aliphatic rings. The minimum Gasteiger partial charge on any atom is -0.453 e. The van der Waals surface area contributed by atoms with Crippen LogP contribution in [0.2, 0.25) is 0 Å². The zero-order valence-electron chi connectivity index (χ0n) is 17.8. The van der Waals surface area contributed by atoms with Crippen molar-refractivity contribution in [1.82, 2.24) is 10.6 Å². The number of alkyl carbamates (subject to hydrolysis) is 1. The second-order valence-electron chi connectivity index (χ2n) is 6.55. The number of hydrogen-bond donors (Lipinski definition) is 3. The van der Waals surface area contributed by atoms with Crippen molar-refractivity contribution in [3.05, 3.63) is 48.5 Å². The maximum atomic E-state index is 12.9. The standard InChI is InChI=1S/C21H24N4O6S/c1-4-8-19(27)24-20(25-21(28)31-3)23-17-12-11-16(13-18(17)22-14(2)26)32(29,30)15-9-6-5-7-10-15/h5-7,9-13H,4,8H2,1-3H3,(H,22,26)(H2,23,24,25,27,28). The molecular weight excluding hydrogens is 436 g/mol. The number of nitrogens with zero attached hydrogens (tertiary/aromatic N) is 1. The van der Waals surface area contributed by atoms with Gasteiger partial charge in [0.15, 0.2) is 0 Å². The number of carbonyl (C=O) groups excluding carboxylic acids is 3. The lowest BCUT2D eigenvalue weighted by Gasteiger charge is -2.13. The third-order valence-corrected chi connectivity index (χ3v) is 5.78. The van der Waals surface area contributed by atoms with E-state index in [2.05, 4.69) is 25.7 Å². The van der Waals surface area contributed by atoms with Crippen molar-refractivity contribution in [3.8, 4) is 0 Å². The van der Waals surface area contributed by atoms with Crippen molar-refractivity contribution in [2.45, 2.75) is 36.5 Å². The number of anilines is 1. The number of nitrogens with one attached hydrogen (secondary N) is 3. The molecule has 0 aliphatic carbocycles. The van der Waals surface area contributed by atoms with Crippen molar-refractivity contribution in [3.63, 3.8) is 0 Å². The highest BCUT2D eigenvalue weighted by Crippen LogP contribution is 2.31. The smallest absolute Gasteiger partial charge is 0.413 e. The summed E-state index contributed by atoms with van der Waals surface area (Å²) in [7, 11) is -2.71. The predicted octanol–water partition coefficient (Wildman–Crippen LogP) is 2.74. The van der Waals surface area contributed by atoms with E-state index < -0.39 is 27.7 Å². The van der Waals surface area contributed by atoms with E-state index in [1.54, 1.807) is 18.2 Å². The van der Waals surface area contributed by atoms with E-state index in [4.69, 9.17) is 0 Å². The van der Waals surface area contributed by atoms with Crippen LogP contribution in [-0.2, 0) is 24.2 Å². The molecule has 0 saturated carbocycles. The van der Waals surface area contributed by atoms with Crippen LogP contribution in [0.5, 0.6) is 0 Å². The summed E-state index contributed by atoms with van der Waals surface area (Å²) in [4.78, 5) is 39.5. The van der Waals surface area contributed by atoms with Gasteiger partial charge in [-0.15, -0.1) is 0 Å². The van der Waals surface area contributed by atoms with Gasteiger partial charge < -0.3 is 10.1 Å². The van der Waals surface area contributed by atoms with Crippen molar-refractivity contribution < 1.29 is 27.5 Å². The van der Waals surface area contributed by atoms with Gasteiger partial charge in [0.1, 0.15) is 0 Å². The SMILES string of the molecule is CCCC(=O)NC(=Nc1ccc(S(=O)(=O)c2ccccc2)cc1NC(C)=O)NC(=O)OC. The maximum absolute atomic E-state index is 12.9. The first kappa shape index (κ1) is 24.5. The summed E-state index contributed by atoms with van der Waals surface area (Å²) in [5.74, 6) is -1.10. The molecule has 0 spiro atoms. The Morgan fingerprint density at radius 1 is 1.00 bits per heavy atom. The lowest BCUT2D eigenvalue weighted by molar-refractivity contribution is -0.119. The number of sulfone groups is 1. The fourth-order valence-corrected chi connectivity index (χ4v) is 3.89. The van der Waals surface area contributed by atoms with E-state index in [-0.39, 0.29) is 33.5 Å². The van der Waals surface area contributed by atoms with E-state index in [0.29, 0.717) is 6.42 Å². The average Bonchev–Trinajstić information content (AvgIpc) is 2.75.